The molecule has 2 heterocycles. The van der Waals surface area contributed by atoms with Crippen molar-refractivity contribution >= 4 is 36.6 Å². The molecule has 2 aromatic rings. The lowest BCUT2D eigenvalue weighted by Crippen LogP contribution is -2.46. The summed E-state index contributed by atoms with van der Waals surface area (Å²) in [6, 6.07) is 12.7. The van der Waals surface area contributed by atoms with E-state index >= 15 is 0 Å². The second kappa shape index (κ2) is 12.3. The minimum Gasteiger partial charge on any atom is -0.457 e. The second-order valence-electron chi connectivity index (χ2n) is 6.46. The topological polar surface area (TPSA) is 97.6 Å². The molecule has 3 N–H and O–H groups in total. The molecule has 158 valence electrons. The van der Waals surface area contributed by atoms with Crippen LogP contribution in [0, 0.1) is 5.92 Å². The number of carbonyl (C=O) groups excluding carboxylic acids is 2. The van der Waals surface area contributed by atoms with Crippen LogP contribution in [0.15, 0.2) is 48.7 Å². The number of para-hydroxylation sites is 1. The first-order valence-corrected chi connectivity index (χ1v) is 9.13. The number of nitrogens with zero attached hydrogens (tertiary/aromatic N) is 2. The maximum absolute atomic E-state index is 12.8. The van der Waals surface area contributed by atoms with Gasteiger partial charge in [0.15, 0.2) is 0 Å². The normalized spacial score (nSPS) is 15.5. The molecule has 1 atom stereocenters. The van der Waals surface area contributed by atoms with E-state index < -0.39 is 0 Å². The summed E-state index contributed by atoms with van der Waals surface area (Å²) in [5, 5.41) is 2.80. The first-order chi connectivity index (χ1) is 13.2. The third kappa shape index (κ3) is 6.88. The molecule has 1 aromatic carbocycles. The lowest BCUT2D eigenvalue weighted by molar-refractivity contribution is -0.126. The first-order valence-electron chi connectivity index (χ1n) is 9.13. The van der Waals surface area contributed by atoms with Crippen molar-refractivity contribution in [3.05, 3.63) is 54.4 Å². The van der Waals surface area contributed by atoms with E-state index in [4.69, 9.17) is 10.5 Å². The first kappa shape index (κ1) is 24.7. The van der Waals surface area contributed by atoms with Gasteiger partial charge in [0, 0.05) is 38.4 Å². The lowest BCUT2D eigenvalue weighted by Gasteiger charge is -2.31. The number of amides is 2. The molecule has 0 aliphatic carbocycles. The van der Waals surface area contributed by atoms with Gasteiger partial charge in [-0.15, -0.1) is 24.8 Å². The van der Waals surface area contributed by atoms with E-state index in [1.165, 1.54) is 0 Å². The molecule has 0 spiro atoms. The van der Waals surface area contributed by atoms with E-state index in [-0.39, 0.29) is 42.5 Å². The molecule has 2 amide bonds. The van der Waals surface area contributed by atoms with E-state index in [2.05, 4.69) is 10.3 Å². The number of pyridine rings is 1. The van der Waals surface area contributed by atoms with Crippen molar-refractivity contribution in [2.45, 2.75) is 12.8 Å². The maximum Gasteiger partial charge on any atom is 0.272 e. The van der Waals surface area contributed by atoms with E-state index in [9.17, 15) is 9.59 Å². The van der Waals surface area contributed by atoms with E-state index in [0.717, 1.165) is 12.8 Å². The highest BCUT2D eigenvalue weighted by molar-refractivity contribution is 5.93. The van der Waals surface area contributed by atoms with Crippen LogP contribution in [0.4, 0.5) is 0 Å². The molecular formula is C20H26Cl2N4O3. The Morgan fingerprint density at radius 1 is 1.17 bits per heavy atom. The van der Waals surface area contributed by atoms with E-state index in [1.54, 1.807) is 23.2 Å². The van der Waals surface area contributed by atoms with Crippen LogP contribution in [-0.2, 0) is 4.79 Å². The summed E-state index contributed by atoms with van der Waals surface area (Å²) >= 11 is 0. The largest absolute Gasteiger partial charge is 0.457 e. The number of rotatable bonds is 6. The summed E-state index contributed by atoms with van der Waals surface area (Å²) in [4.78, 5) is 30.9. The fraction of sp³-hybridized carbons (Fsp3) is 0.350. The van der Waals surface area contributed by atoms with Gasteiger partial charge in [0.25, 0.3) is 5.91 Å². The molecule has 1 aromatic heterocycles. The Bertz CT molecular complexity index is 792. The summed E-state index contributed by atoms with van der Waals surface area (Å²) in [6.45, 7) is 1.86. The Labute approximate surface area is 182 Å². The molecule has 7 nitrogen and oxygen atoms in total. The summed E-state index contributed by atoms with van der Waals surface area (Å²) in [5.74, 6) is 0.792. The fourth-order valence-corrected chi connectivity index (χ4v) is 3.09. The van der Waals surface area contributed by atoms with Crippen molar-refractivity contribution in [1.29, 1.82) is 0 Å². The van der Waals surface area contributed by atoms with Crippen LogP contribution in [0.5, 0.6) is 11.5 Å². The van der Waals surface area contributed by atoms with Gasteiger partial charge in [-0.25, -0.2) is 0 Å². The average molecular weight is 441 g/mol. The van der Waals surface area contributed by atoms with Gasteiger partial charge in [0.05, 0.1) is 5.92 Å². The van der Waals surface area contributed by atoms with Gasteiger partial charge in [0.1, 0.15) is 17.2 Å². The number of nitrogens with two attached hydrogens (primary N) is 1. The summed E-state index contributed by atoms with van der Waals surface area (Å²) < 4.78 is 5.77. The van der Waals surface area contributed by atoms with Crippen molar-refractivity contribution in [3.63, 3.8) is 0 Å². The molecule has 1 saturated heterocycles. The predicted molar refractivity (Wildman–Crippen MR) is 116 cm³/mol. The number of likely N-dealkylation sites (tertiary alicyclic amines) is 1. The Morgan fingerprint density at radius 3 is 2.66 bits per heavy atom. The van der Waals surface area contributed by atoms with Crippen LogP contribution in [-0.4, -0.2) is 47.9 Å². The number of aromatic nitrogens is 1. The van der Waals surface area contributed by atoms with Crippen LogP contribution >= 0.6 is 24.8 Å². The van der Waals surface area contributed by atoms with Gasteiger partial charge in [-0.05, 0) is 31.0 Å². The second-order valence-corrected chi connectivity index (χ2v) is 6.46. The van der Waals surface area contributed by atoms with E-state index in [1.807, 2.05) is 30.3 Å². The molecule has 0 bridgehead atoms. The smallest absolute Gasteiger partial charge is 0.272 e. The van der Waals surface area contributed by atoms with Crippen LogP contribution in [0.1, 0.15) is 23.3 Å². The van der Waals surface area contributed by atoms with Gasteiger partial charge < -0.3 is 20.7 Å². The summed E-state index contributed by atoms with van der Waals surface area (Å²) in [6.07, 6.45) is 3.11. The molecule has 0 saturated carbocycles. The van der Waals surface area contributed by atoms with Gasteiger partial charge in [-0.1, -0.05) is 18.2 Å². The highest BCUT2D eigenvalue weighted by Gasteiger charge is 2.29. The summed E-state index contributed by atoms with van der Waals surface area (Å²) in [5.41, 5.74) is 5.74. The zero-order valence-electron chi connectivity index (χ0n) is 16.0. The monoisotopic (exact) mass is 440 g/mol. The summed E-state index contributed by atoms with van der Waals surface area (Å²) in [7, 11) is 0. The van der Waals surface area contributed by atoms with Crippen molar-refractivity contribution in [3.8, 4) is 11.5 Å². The highest BCUT2D eigenvalue weighted by atomic mass is 35.5. The quantitative estimate of drug-likeness (QED) is 0.719. The molecular weight excluding hydrogens is 415 g/mol. The van der Waals surface area contributed by atoms with Crippen LogP contribution in [0.25, 0.3) is 0 Å². The maximum atomic E-state index is 12.8. The van der Waals surface area contributed by atoms with Crippen molar-refractivity contribution in [2.75, 3.05) is 26.2 Å². The number of benzene rings is 1. The minimum absolute atomic E-state index is 0. The van der Waals surface area contributed by atoms with Gasteiger partial charge in [-0.3, -0.25) is 14.6 Å². The third-order valence-corrected chi connectivity index (χ3v) is 4.45. The standard InChI is InChI=1S/C20H24N4O3.2ClH/c21-9-11-23-19(25)15-5-4-12-24(14-15)20(26)18-13-17(8-10-22-18)27-16-6-2-1-3-7-16;;/h1-3,6-8,10,13,15H,4-5,9,11-12,14,21H2,(H,23,25);2*1H. The Morgan fingerprint density at radius 2 is 1.93 bits per heavy atom. The number of carbonyl (C=O) groups is 2. The lowest BCUT2D eigenvalue weighted by atomic mass is 9.97. The number of halogens is 2. The molecule has 3 rings (SSSR count). The number of piperidine rings is 1. The number of hydrogen-bond donors (Lipinski definition) is 2. The van der Waals surface area contributed by atoms with Crippen molar-refractivity contribution in [2.24, 2.45) is 11.7 Å². The van der Waals surface area contributed by atoms with Gasteiger partial charge in [0.2, 0.25) is 5.91 Å². The highest BCUT2D eigenvalue weighted by Crippen LogP contribution is 2.23. The molecule has 1 aliphatic rings. The van der Waals surface area contributed by atoms with Crippen LogP contribution in [0.3, 0.4) is 0 Å². The number of ether oxygens (including phenoxy) is 1. The predicted octanol–water partition coefficient (Wildman–Crippen LogP) is 2.64. The molecule has 1 aliphatic heterocycles. The average Bonchev–Trinajstić information content (AvgIpc) is 2.72. The fourth-order valence-electron chi connectivity index (χ4n) is 3.09. The van der Waals surface area contributed by atoms with Crippen molar-refractivity contribution in [1.82, 2.24) is 15.2 Å². The Kier molecular flexibility index (Phi) is 10.4. The van der Waals surface area contributed by atoms with Crippen LogP contribution < -0.4 is 15.8 Å². The van der Waals surface area contributed by atoms with Crippen molar-refractivity contribution < 1.29 is 14.3 Å². The Balaban J connectivity index is 0.00000210. The van der Waals surface area contributed by atoms with Gasteiger partial charge in [-0.2, -0.15) is 0 Å². The van der Waals surface area contributed by atoms with Crippen LogP contribution in [0.2, 0.25) is 0 Å². The molecule has 0 radical (unpaired) electrons. The third-order valence-electron chi connectivity index (χ3n) is 4.45. The van der Waals surface area contributed by atoms with Gasteiger partial charge >= 0.3 is 0 Å². The molecule has 1 fully saturated rings. The number of hydrogen-bond acceptors (Lipinski definition) is 5. The van der Waals surface area contributed by atoms with E-state index in [0.29, 0.717) is 43.4 Å². The SMILES string of the molecule is Cl.Cl.NCCNC(=O)C1CCCN(C(=O)c2cc(Oc3ccccc3)ccn2)C1. The molecule has 9 heteroatoms. The Hall–Kier alpha value is -2.35. The molecule has 29 heavy (non-hydrogen) atoms. The zero-order valence-corrected chi connectivity index (χ0v) is 17.6. The minimum atomic E-state index is -0.210. The molecule has 1 unspecified atom stereocenters. The number of nitrogens with one attached hydrogen (secondary N) is 1. The zero-order chi connectivity index (χ0) is 19.1.